The lowest BCUT2D eigenvalue weighted by Crippen LogP contribution is -2.23. The first-order valence-corrected chi connectivity index (χ1v) is 8.98. The zero-order valence-corrected chi connectivity index (χ0v) is 11.2. The minimum absolute atomic E-state index is 0.816. The normalized spacial score (nSPS) is 25.3. The third-order valence-electron chi connectivity index (χ3n) is 2.18. The predicted octanol–water partition coefficient (Wildman–Crippen LogP) is 1.90. The van der Waals surface area contributed by atoms with E-state index in [1.54, 1.807) is 10.8 Å². The van der Waals surface area contributed by atoms with E-state index in [1.165, 1.54) is 10.2 Å². The van der Waals surface area contributed by atoms with Crippen LogP contribution in [0.2, 0.25) is 25.2 Å². The van der Waals surface area contributed by atoms with E-state index in [2.05, 4.69) is 38.7 Å². The van der Waals surface area contributed by atoms with Crippen molar-refractivity contribution in [2.45, 2.75) is 32.1 Å². The van der Waals surface area contributed by atoms with Gasteiger partial charge in [0.1, 0.15) is 0 Å². The summed E-state index contributed by atoms with van der Waals surface area (Å²) in [5.74, 6) is 0. The van der Waals surface area contributed by atoms with Gasteiger partial charge in [-0.05, 0) is 12.5 Å². The van der Waals surface area contributed by atoms with E-state index in [0.717, 1.165) is 5.54 Å². The monoisotopic (exact) mass is 182 g/mol. The molecule has 0 fully saturated rings. The summed E-state index contributed by atoms with van der Waals surface area (Å²) in [4.78, 5) is 0. The van der Waals surface area contributed by atoms with Gasteiger partial charge in [-0.25, -0.2) is 0 Å². The molecule has 0 aromatic heterocycles. The summed E-state index contributed by atoms with van der Waals surface area (Å²) in [6.45, 7) is 9.54. The van der Waals surface area contributed by atoms with Gasteiger partial charge in [0.05, 0.1) is 8.07 Å². The first-order valence-electron chi connectivity index (χ1n) is 4.32. The lowest BCUT2D eigenvalue weighted by Gasteiger charge is -2.19. The molecule has 2 heteroatoms. The summed E-state index contributed by atoms with van der Waals surface area (Å²) in [5.41, 5.74) is 2.38. The molecule has 0 heterocycles. The Morgan fingerprint density at radius 3 is 2.00 bits per heavy atom. The standard InChI is InChI=1S/C9H18Si2/c1-7-5-8(10)6-9(7)11(2,3)4/h5-6,8H,1-4,10H3. The average Bonchev–Trinajstić information content (AvgIpc) is 2.08. The molecule has 0 nitrogen and oxygen atoms in total. The van der Waals surface area contributed by atoms with E-state index in [1.807, 2.05) is 0 Å². The summed E-state index contributed by atoms with van der Waals surface area (Å²) in [6, 6.07) is 0. The number of rotatable bonds is 1. The second kappa shape index (κ2) is 2.75. The fourth-order valence-corrected chi connectivity index (χ4v) is 4.96. The van der Waals surface area contributed by atoms with Crippen molar-refractivity contribution in [3.63, 3.8) is 0 Å². The third-order valence-corrected chi connectivity index (χ3v) is 5.02. The van der Waals surface area contributed by atoms with Gasteiger partial charge in [0.25, 0.3) is 0 Å². The second-order valence-corrected chi connectivity index (χ2v) is 10.9. The fourth-order valence-electron chi connectivity index (χ4n) is 1.77. The minimum atomic E-state index is -1.01. The van der Waals surface area contributed by atoms with Crippen LogP contribution in [0, 0.1) is 0 Å². The van der Waals surface area contributed by atoms with Crippen LogP contribution in [-0.2, 0) is 0 Å². The van der Waals surface area contributed by atoms with Crippen LogP contribution in [0.1, 0.15) is 6.92 Å². The molecule has 1 rings (SSSR count). The van der Waals surface area contributed by atoms with Crippen LogP contribution in [-0.4, -0.2) is 18.3 Å². The Hall–Kier alpha value is -0.0862. The Morgan fingerprint density at radius 1 is 1.27 bits per heavy atom. The second-order valence-electron chi connectivity index (χ2n) is 4.54. The summed E-state index contributed by atoms with van der Waals surface area (Å²) < 4.78 is 0. The van der Waals surface area contributed by atoms with Gasteiger partial charge in [-0.3, -0.25) is 0 Å². The lowest BCUT2D eigenvalue weighted by atomic mass is 10.3. The molecule has 0 aliphatic heterocycles. The Balaban J connectivity index is 2.92. The van der Waals surface area contributed by atoms with E-state index in [-0.39, 0.29) is 0 Å². The van der Waals surface area contributed by atoms with Crippen LogP contribution < -0.4 is 0 Å². The Bertz CT molecular complexity index is 218. The Labute approximate surface area is 73.8 Å². The van der Waals surface area contributed by atoms with Crippen LogP contribution in [0.5, 0.6) is 0 Å². The number of allylic oxidation sites excluding steroid dienone is 4. The zero-order chi connectivity index (χ0) is 8.65. The average molecular weight is 182 g/mol. The Morgan fingerprint density at radius 2 is 1.82 bits per heavy atom. The van der Waals surface area contributed by atoms with Crippen LogP contribution in [0.4, 0.5) is 0 Å². The molecule has 11 heavy (non-hydrogen) atoms. The Kier molecular flexibility index (Phi) is 2.25. The van der Waals surface area contributed by atoms with Gasteiger partial charge < -0.3 is 0 Å². The van der Waals surface area contributed by atoms with Crippen molar-refractivity contribution in [3.8, 4) is 0 Å². The van der Waals surface area contributed by atoms with Crippen molar-refractivity contribution in [2.75, 3.05) is 0 Å². The highest BCUT2D eigenvalue weighted by molar-refractivity contribution is 6.84. The molecule has 0 saturated heterocycles. The van der Waals surface area contributed by atoms with Gasteiger partial charge in [0, 0.05) is 10.2 Å². The zero-order valence-electron chi connectivity index (χ0n) is 8.23. The summed E-state index contributed by atoms with van der Waals surface area (Å²) in [5, 5.41) is 1.69. The molecule has 0 N–H and O–H groups in total. The van der Waals surface area contributed by atoms with Gasteiger partial charge in [-0.15, -0.1) is 0 Å². The van der Waals surface area contributed by atoms with E-state index in [4.69, 9.17) is 0 Å². The van der Waals surface area contributed by atoms with Crippen LogP contribution in [0.15, 0.2) is 22.9 Å². The SMILES string of the molecule is CC1=CC([SiH3])C=C1[Si](C)(C)C. The highest BCUT2D eigenvalue weighted by Crippen LogP contribution is 2.31. The predicted molar refractivity (Wildman–Crippen MR) is 58.9 cm³/mol. The van der Waals surface area contributed by atoms with Gasteiger partial charge in [0.2, 0.25) is 0 Å². The molecule has 0 spiro atoms. The van der Waals surface area contributed by atoms with Gasteiger partial charge >= 0.3 is 0 Å². The number of hydrogen-bond acceptors (Lipinski definition) is 0. The smallest absolute Gasteiger partial charge is 0.0775 e. The molecular formula is C9H18Si2. The first kappa shape index (κ1) is 9.01. The van der Waals surface area contributed by atoms with Crippen LogP contribution in [0.25, 0.3) is 0 Å². The van der Waals surface area contributed by atoms with E-state index in [9.17, 15) is 0 Å². The maximum Gasteiger partial charge on any atom is 0.0775 e. The van der Waals surface area contributed by atoms with E-state index in [0.29, 0.717) is 0 Å². The lowest BCUT2D eigenvalue weighted by molar-refractivity contribution is 1.40. The summed E-state index contributed by atoms with van der Waals surface area (Å²) >= 11 is 0. The molecule has 62 valence electrons. The highest BCUT2D eigenvalue weighted by atomic mass is 28.3. The minimum Gasteiger partial charge on any atom is -0.0818 e. The molecule has 1 aliphatic carbocycles. The number of hydrogen-bond donors (Lipinski definition) is 0. The van der Waals surface area contributed by atoms with Crippen molar-refractivity contribution >= 4 is 18.3 Å². The highest BCUT2D eigenvalue weighted by Gasteiger charge is 2.24. The molecule has 0 aromatic rings. The van der Waals surface area contributed by atoms with Crippen LogP contribution in [0.3, 0.4) is 0 Å². The molecule has 0 radical (unpaired) electrons. The van der Waals surface area contributed by atoms with Crippen molar-refractivity contribution < 1.29 is 0 Å². The summed E-state index contributed by atoms with van der Waals surface area (Å²) in [7, 11) is 0.268. The molecule has 0 amide bonds. The van der Waals surface area contributed by atoms with Gasteiger partial charge in [-0.2, -0.15) is 0 Å². The molecule has 0 bridgehead atoms. The molecule has 1 atom stereocenters. The topological polar surface area (TPSA) is 0 Å². The molecule has 1 unspecified atom stereocenters. The molecular weight excluding hydrogens is 164 g/mol. The first-order chi connectivity index (χ1) is 4.91. The summed E-state index contributed by atoms with van der Waals surface area (Å²) in [6.07, 6.45) is 4.92. The fraction of sp³-hybridized carbons (Fsp3) is 0.556. The van der Waals surface area contributed by atoms with E-state index < -0.39 is 8.07 Å². The van der Waals surface area contributed by atoms with Crippen molar-refractivity contribution in [1.29, 1.82) is 0 Å². The van der Waals surface area contributed by atoms with Gasteiger partial charge in [0.15, 0.2) is 0 Å². The van der Waals surface area contributed by atoms with Crippen molar-refractivity contribution in [1.82, 2.24) is 0 Å². The van der Waals surface area contributed by atoms with Crippen molar-refractivity contribution in [3.05, 3.63) is 22.9 Å². The largest absolute Gasteiger partial charge is 0.0818 e. The maximum absolute atomic E-state index is 2.49. The van der Waals surface area contributed by atoms with Crippen molar-refractivity contribution in [2.24, 2.45) is 0 Å². The van der Waals surface area contributed by atoms with Crippen LogP contribution >= 0.6 is 0 Å². The molecule has 0 saturated carbocycles. The molecule has 1 aliphatic rings. The van der Waals surface area contributed by atoms with Gasteiger partial charge in [-0.1, -0.05) is 42.6 Å². The van der Waals surface area contributed by atoms with E-state index >= 15 is 0 Å². The third kappa shape index (κ3) is 1.93. The molecule has 0 aromatic carbocycles. The quantitative estimate of drug-likeness (QED) is 0.544. The maximum atomic E-state index is 2.49.